The molecule has 0 saturated heterocycles. The molecule has 1 N–H and O–H groups in total. The summed E-state index contributed by atoms with van der Waals surface area (Å²) in [5.74, 6) is 1.07. The van der Waals surface area contributed by atoms with Crippen molar-refractivity contribution >= 4 is 29.1 Å². The third-order valence-corrected chi connectivity index (χ3v) is 3.94. The number of para-hydroxylation sites is 1. The van der Waals surface area contributed by atoms with Crippen molar-refractivity contribution in [2.75, 3.05) is 11.1 Å². The average Bonchev–Trinajstić information content (AvgIpc) is 2.40. The summed E-state index contributed by atoms with van der Waals surface area (Å²) in [6, 6.07) is 16.3. The number of halogens is 1. The minimum atomic E-state index is 0.751. The first-order valence-electron chi connectivity index (χ1n) is 6.00. The number of thioether (sulfide) groups is 1. The lowest BCUT2D eigenvalue weighted by Gasteiger charge is -2.11. The molecule has 0 amide bonds. The first kappa shape index (κ1) is 13.3. The van der Waals surface area contributed by atoms with Crippen molar-refractivity contribution in [2.45, 2.75) is 18.4 Å². The van der Waals surface area contributed by atoms with E-state index in [4.69, 9.17) is 11.6 Å². The van der Waals surface area contributed by atoms with Gasteiger partial charge in [-0.3, -0.25) is 0 Å². The van der Waals surface area contributed by atoms with E-state index in [-0.39, 0.29) is 0 Å². The van der Waals surface area contributed by atoms with Gasteiger partial charge in [-0.1, -0.05) is 48.9 Å². The van der Waals surface area contributed by atoms with Crippen molar-refractivity contribution in [1.29, 1.82) is 0 Å². The predicted octanol–water partition coefficient (Wildman–Crippen LogP) is 5.06. The van der Waals surface area contributed by atoms with Crippen molar-refractivity contribution in [3.05, 3.63) is 59.1 Å². The van der Waals surface area contributed by atoms with E-state index in [0.717, 1.165) is 22.9 Å². The minimum absolute atomic E-state index is 0.751. The fraction of sp³-hybridized carbons (Fsp3) is 0.200. The molecule has 0 bridgehead atoms. The third-order valence-electron chi connectivity index (χ3n) is 2.61. The van der Waals surface area contributed by atoms with Crippen LogP contribution in [0.5, 0.6) is 0 Å². The van der Waals surface area contributed by atoms with Gasteiger partial charge in [-0.05, 0) is 29.5 Å². The third kappa shape index (κ3) is 3.44. The van der Waals surface area contributed by atoms with Gasteiger partial charge in [0.25, 0.3) is 0 Å². The van der Waals surface area contributed by atoms with Crippen molar-refractivity contribution in [3.8, 4) is 0 Å². The van der Waals surface area contributed by atoms with Crippen LogP contribution in [0.3, 0.4) is 0 Å². The summed E-state index contributed by atoms with van der Waals surface area (Å²) >= 11 is 7.99. The standard InChI is InChI=1S/C15H16ClNS/c1-2-18-15-10-6-5-9-14(15)17-11-12-7-3-4-8-13(12)16/h3-10,17H,2,11H2,1H3. The average molecular weight is 278 g/mol. The van der Waals surface area contributed by atoms with E-state index in [1.165, 1.54) is 10.6 Å². The number of nitrogens with one attached hydrogen (secondary N) is 1. The zero-order valence-corrected chi connectivity index (χ0v) is 11.9. The maximum Gasteiger partial charge on any atom is 0.0481 e. The van der Waals surface area contributed by atoms with Gasteiger partial charge < -0.3 is 5.32 Å². The molecular weight excluding hydrogens is 262 g/mol. The van der Waals surface area contributed by atoms with Crippen molar-refractivity contribution in [1.82, 2.24) is 0 Å². The normalized spacial score (nSPS) is 10.3. The van der Waals surface area contributed by atoms with E-state index in [0.29, 0.717) is 0 Å². The van der Waals surface area contributed by atoms with E-state index >= 15 is 0 Å². The highest BCUT2D eigenvalue weighted by molar-refractivity contribution is 7.99. The van der Waals surface area contributed by atoms with Crippen LogP contribution < -0.4 is 5.32 Å². The number of benzene rings is 2. The Bertz CT molecular complexity index is 513. The second kappa shape index (κ2) is 6.72. The lowest BCUT2D eigenvalue weighted by molar-refractivity contribution is 1.13. The summed E-state index contributed by atoms with van der Waals surface area (Å²) in [7, 11) is 0. The molecule has 18 heavy (non-hydrogen) atoms. The maximum absolute atomic E-state index is 6.15. The minimum Gasteiger partial charge on any atom is -0.380 e. The Hall–Kier alpha value is -1.12. The number of anilines is 1. The Morgan fingerprint density at radius 1 is 1.06 bits per heavy atom. The molecule has 0 fully saturated rings. The second-order valence-electron chi connectivity index (χ2n) is 3.87. The molecule has 0 spiro atoms. The molecule has 1 nitrogen and oxygen atoms in total. The van der Waals surface area contributed by atoms with Gasteiger partial charge >= 0.3 is 0 Å². The van der Waals surface area contributed by atoms with Crippen LogP contribution in [0, 0.1) is 0 Å². The van der Waals surface area contributed by atoms with Crippen molar-refractivity contribution in [2.24, 2.45) is 0 Å². The molecule has 0 aliphatic rings. The van der Waals surface area contributed by atoms with Gasteiger partial charge in [0, 0.05) is 22.2 Å². The van der Waals surface area contributed by atoms with Crippen LogP contribution >= 0.6 is 23.4 Å². The van der Waals surface area contributed by atoms with E-state index < -0.39 is 0 Å². The van der Waals surface area contributed by atoms with Crippen LogP contribution in [-0.2, 0) is 6.54 Å². The second-order valence-corrected chi connectivity index (χ2v) is 5.59. The van der Waals surface area contributed by atoms with E-state index in [1.807, 2.05) is 36.0 Å². The zero-order valence-electron chi connectivity index (χ0n) is 10.3. The molecule has 0 unspecified atom stereocenters. The molecule has 0 aromatic heterocycles. The van der Waals surface area contributed by atoms with Crippen LogP contribution in [0.4, 0.5) is 5.69 Å². The van der Waals surface area contributed by atoms with Crippen molar-refractivity contribution < 1.29 is 0 Å². The lowest BCUT2D eigenvalue weighted by atomic mass is 10.2. The summed E-state index contributed by atoms with van der Waals surface area (Å²) in [6.07, 6.45) is 0. The van der Waals surface area contributed by atoms with Crippen LogP contribution in [0.15, 0.2) is 53.4 Å². The largest absolute Gasteiger partial charge is 0.380 e. The fourth-order valence-corrected chi connectivity index (χ4v) is 2.71. The van der Waals surface area contributed by atoms with Crippen LogP contribution in [-0.4, -0.2) is 5.75 Å². The summed E-state index contributed by atoms with van der Waals surface area (Å²) in [5, 5.41) is 4.26. The van der Waals surface area contributed by atoms with Gasteiger partial charge in [0.1, 0.15) is 0 Å². The number of hydrogen-bond acceptors (Lipinski definition) is 2. The Balaban J connectivity index is 2.08. The van der Waals surface area contributed by atoms with Gasteiger partial charge in [0.05, 0.1) is 0 Å². The van der Waals surface area contributed by atoms with Crippen LogP contribution in [0.25, 0.3) is 0 Å². The summed E-state index contributed by atoms with van der Waals surface area (Å²) in [4.78, 5) is 1.28. The first-order chi connectivity index (χ1) is 8.81. The molecule has 94 valence electrons. The molecule has 2 aromatic rings. The number of rotatable bonds is 5. The van der Waals surface area contributed by atoms with E-state index in [1.54, 1.807) is 0 Å². The summed E-state index contributed by atoms with van der Waals surface area (Å²) in [5.41, 5.74) is 2.29. The molecule has 0 atom stereocenters. The quantitative estimate of drug-likeness (QED) is 0.766. The summed E-state index contributed by atoms with van der Waals surface area (Å²) in [6.45, 7) is 2.91. The smallest absolute Gasteiger partial charge is 0.0481 e. The Kier molecular flexibility index (Phi) is 4.97. The monoisotopic (exact) mass is 277 g/mol. The predicted molar refractivity (Wildman–Crippen MR) is 81.6 cm³/mol. The first-order valence-corrected chi connectivity index (χ1v) is 7.36. The molecule has 3 heteroatoms. The highest BCUT2D eigenvalue weighted by Gasteiger charge is 2.02. The molecule has 2 aromatic carbocycles. The number of hydrogen-bond donors (Lipinski definition) is 1. The highest BCUT2D eigenvalue weighted by Crippen LogP contribution is 2.27. The van der Waals surface area contributed by atoms with E-state index in [9.17, 15) is 0 Å². The van der Waals surface area contributed by atoms with Gasteiger partial charge in [-0.25, -0.2) is 0 Å². The van der Waals surface area contributed by atoms with Crippen LogP contribution in [0.2, 0.25) is 5.02 Å². The highest BCUT2D eigenvalue weighted by atomic mass is 35.5. The van der Waals surface area contributed by atoms with Gasteiger partial charge in [-0.15, -0.1) is 11.8 Å². The molecule has 0 radical (unpaired) electrons. The Labute approximate surface area is 118 Å². The van der Waals surface area contributed by atoms with Gasteiger partial charge in [0.15, 0.2) is 0 Å². The van der Waals surface area contributed by atoms with Gasteiger partial charge in [-0.2, -0.15) is 0 Å². The Morgan fingerprint density at radius 2 is 1.78 bits per heavy atom. The zero-order chi connectivity index (χ0) is 12.8. The van der Waals surface area contributed by atoms with Crippen molar-refractivity contribution in [3.63, 3.8) is 0 Å². The molecular formula is C15H16ClNS. The van der Waals surface area contributed by atoms with E-state index in [2.05, 4.69) is 36.5 Å². The molecule has 0 aliphatic carbocycles. The SMILES string of the molecule is CCSc1ccccc1NCc1ccccc1Cl. The molecule has 0 aliphatic heterocycles. The fourth-order valence-electron chi connectivity index (χ4n) is 1.73. The molecule has 0 heterocycles. The topological polar surface area (TPSA) is 12.0 Å². The van der Waals surface area contributed by atoms with Crippen LogP contribution in [0.1, 0.15) is 12.5 Å². The Morgan fingerprint density at radius 3 is 2.56 bits per heavy atom. The van der Waals surface area contributed by atoms with Gasteiger partial charge in [0.2, 0.25) is 0 Å². The summed E-state index contributed by atoms with van der Waals surface area (Å²) < 4.78 is 0. The maximum atomic E-state index is 6.15. The molecule has 0 saturated carbocycles. The lowest BCUT2D eigenvalue weighted by Crippen LogP contribution is -2.01. The molecule has 2 rings (SSSR count).